The third-order valence-electron chi connectivity index (χ3n) is 5.23. The summed E-state index contributed by atoms with van der Waals surface area (Å²) in [6.45, 7) is 0. The summed E-state index contributed by atoms with van der Waals surface area (Å²) in [4.78, 5) is 17.2. The number of nitrogens with zero attached hydrogens (tertiary/aromatic N) is 1. The van der Waals surface area contributed by atoms with E-state index < -0.39 is 17.6 Å². The summed E-state index contributed by atoms with van der Waals surface area (Å²) in [5, 5.41) is 4.02. The van der Waals surface area contributed by atoms with Crippen LogP contribution in [0.4, 0.5) is 13.2 Å². The van der Waals surface area contributed by atoms with Crippen LogP contribution in [0.1, 0.15) is 52.5 Å². The molecule has 1 aliphatic rings. The monoisotopic (exact) mass is 530 g/mol. The van der Waals surface area contributed by atoms with Crippen LogP contribution in [0.15, 0.2) is 42.5 Å². The third kappa shape index (κ3) is 4.74. The molecule has 29 heavy (non-hydrogen) atoms. The minimum atomic E-state index is -4.45. The van der Waals surface area contributed by atoms with E-state index in [1.54, 1.807) is 11.3 Å². The Bertz CT molecular complexity index is 1040. The highest BCUT2D eigenvalue weighted by atomic mass is 127. The van der Waals surface area contributed by atoms with Crippen LogP contribution in [0.5, 0.6) is 0 Å². The van der Waals surface area contributed by atoms with Gasteiger partial charge in [0, 0.05) is 21.1 Å². The standard InChI is InChI=1S/C21H18F3IN2OS/c22-21(23,24)14-3-1-2-13(10-14)19(28)26-16-7-4-12(5-8-16)20-27-17-11-15(25)6-9-18(17)29-20/h1-3,6,9-12,16H,4-5,7-8H2,(H,26,28). The molecule has 1 amide bonds. The van der Waals surface area contributed by atoms with Crippen molar-refractivity contribution >= 4 is 50.1 Å². The van der Waals surface area contributed by atoms with Crippen molar-refractivity contribution in [1.82, 2.24) is 10.3 Å². The van der Waals surface area contributed by atoms with E-state index >= 15 is 0 Å². The molecule has 3 nitrogen and oxygen atoms in total. The van der Waals surface area contributed by atoms with E-state index in [0.717, 1.165) is 51.9 Å². The van der Waals surface area contributed by atoms with Gasteiger partial charge in [0.25, 0.3) is 5.91 Å². The lowest BCUT2D eigenvalue weighted by atomic mass is 9.86. The van der Waals surface area contributed by atoms with Gasteiger partial charge in [-0.1, -0.05) is 6.07 Å². The van der Waals surface area contributed by atoms with Gasteiger partial charge < -0.3 is 5.32 Å². The van der Waals surface area contributed by atoms with E-state index in [9.17, 15) is 18.0 Å². The Morgan fingerprint density at radius 2 is 1.86 bits per heavy atom. The third-order valence-corrected chi connectivity index (χ3v) is 7.10. The molecule has 0 radical (unpaired) electrons. The molecule has 1 fully saturated rings. The fraction of sp³-hybridized carbons (Fsp3) is 0.333. The molecule has 1 N–H and O–H groups in total. The van der Waals surface area contributed by atoms with Crippen molar-refractivity contribution in [3.8, 4) is 0 Å². The highest BCUT2D eigenvalue weighted by molar-refractivity contribution is 14.1. The Kier molecular flexibility index (Phi) is 5.83. The number of aromatic nitrogens is 1. The second kappa shape index (κ2) is 8.22. The molecule has 3 aromatic rings. The van der Waals surface area contributed by atoms with Gasteiger partial charge in [-0.05, 0) is 84.7 Å². The molecular weight excluding hydrogens is 512 g/mol. The van der Waals surface area contributed by atoms with Gasteiger partial charge in [0.2, 0.25) is 0 Å². The van der Waals surface area contributed by atoms with Crippen molar-refractivity contribution in [1.29, 1.82) is 0 Å². The quantitative estimate of drug-likeness (QED) is 0.400. The first-order chi connectivity index (χ1) is 13.8. The van der Waals surface area contributed by atoms with Gasteiger partial charge in [-0.25, -0.2) is 4.98 Å². The first-order valence-electron chi connectivity index (χ1n) is 9.34. The number of benzene rings is 2. The van der Waals surface area contributed by atoms with Crippen molar-refractivity contribution in [2.45, 2.75) is 43.8 Å². The van der Waals surface area contributed by atoms with Crippen LogP contribution in [0.25, 0.3) is 10.2 Å². The van der Waals surface area contributed by atoms with Crippen LogP contribution in [-0.2, 0) is 6.18 Å². The average molecular weight is 530 g/mol. The highest BCUT2D eigenvalue weighted by Gasteiger charge is 2.31. The van der Waals surface area contributed by atoms with Crippen LogP contribution in [0, 0.1) is 3.57 Å². The molecular formula is C21H18F3IN2OS. The number of amides is 1. The number of nitrogens with one attached hydrogen (secondary N) is 1. The number of thiazole rings is 1. The van der Waals surface area contributed by atoms with Crippen molar-refractivity contribution in [2.24, 2.45) is 0 Å². The zero-order valence-electron chi connectivity index (χ0n) is 15.3. The predicted octanol–water partition coefficient (Wildman–Crippen LogP) is 6.38. The van der Waals surface area contributed by atoms with E-state index in [1.165, 1.54) is 16.8 Å². The van der Waals surface area contributed by atoms with Crippen LogP contribution in [0.3, 0.4) is 0 Å². The van der Waals surface area contributed by atoms with Gasteiger partial charge in [0.1, 0.15) is 0 Å². The van der Waals surface area contributed by atoms with E-state index in [4.69, 9.17) is 4.98 Å². The summed E-state index contributed by atoms with van der Waals surface area (Å²) in [7, 11) is 0. The lowest BCUT2D eigenvalue weighted by molar-refractivity contribution is -0.137. The van der Waals surface area contributed by atoms with Crippen LogP contribution < -0.4 is 5.32 Å². The van der Waals surface area contributed by atoms with E-state index in [1.807, 2.05) is 0 Å². The molecule has 1 saturated carbocycles. The molecule has 0 spiro atoms. The van der Waals surface area contributed by atoms with Gasteiger partial charge in [0.15, 0.2) is 0 Å². The Balaban J connectivity index is 1.37. The lowest BCUT2D eigenvalue weighted by Crippen LogP contribution is -2.37. The van der Waals surface area contributed by atoms with E-state index in [0.29, 0.717) is 5.92 Å². The Hall–Kier alpha value is -1.68. The van der Waals surface area contributed by atoms with Gasteiger partial charge >= 0.3 is 6.18 Å². The number of halogens is 4. The highest BCUT2D eigenvalue weighted by Crippen LogP contribution is 2.37. The minimum Gasteiger partial charge on any atom is -0.349 e. The molecule has 0 aliphatic heterocycles. The summed E-state index contributed by atoms with van der Waals surface area (Å²) >= 11 is 4.00. The van der Waals surface area contributed by atoms with Gasteiger partial charge in [-0.15, -0.1) is 11.3 Å². The number of carbonyl (C=O) groups is 1. The largest absolute Gasteiger partial charge is 0.416 e. The molecule has 1 aromatic heterocycles. The lowest BCUT2D eigenvalue weighted by Gasteiger charge is -2.28. The molecule has 4 rings (SSSR count). The van der Waals surface area contributed by atoms with Gasteiger partial charge in [0.05, 0.1) is 20.8 Å². The topological polar surface area (TPSA) is 42.0 Å². The predicted molar refractivity (Wildman–Crippen MR) is 116 cm³/mol. The summed E-state index contributed by atoms with van der Waals surface area (Å²) in [6.07, 6.45) is -1.05. The Morgan fingerprint density at radius 1 is 1.10 bits per heavy atom. The van der Waals surface area contributed by atoms with Crippen molar-refractivity contribution in [3.05, 3.63) is 62.2 Å². The van der Waals surface area contributed by atoms with Crippen molar-refractivity contribution < 1.29 is 18.0 Å². The van der Waals surface area contributed by atoms with Crippen LogP contribution >= 0.6 is 33.9 Å². The maximum Gasteiger partial charge on any atom is 0.416 e. The molecule has 1 aliphatic carbocycles. The molecule has 152 valence electrons. The maximum absolute atomic E-state index is 12.9. The van der Waals surface area contributed by atoms with Crippen molar-refractivity contribution in [3.63, 3.8) is 0 Å². The zero-order chi connectivity index (χ0) is 20.6. The summed E-state index contributed by atoms with van der Waals surface area (Å²) < 4.78 is 40.9. The normalized spacial score (nSPS) is 20.0. The fourth-order valence-electron chi connectivity index (χ4n) is 3.68. The molecule has 2 aromatic carbocycles. The average Bonchev–Trinajstić information content (AvgIpc) is 3.11. The number of carbonyl (C=O) groups excluding carboxylic acids is 1. The van der Waals surface area contributed by atoms with Crippen LogP contribution in [-0.4, -0.2) is 16.9 Å². The number of hydrogen-bond donors (Lipinski definition) is 1. The van der Waals surface area contributed by atoms with Crippen LogP contribution in [0.2, 0.25) is 0 Å². The summed E-state index contributed by atoms with van der Waals surface area (Å²) in [6, 6.07) is 10.8. The molecule has 8 heteroatoms. The van der Waals surface area contributed by atoms with Crippen molar-refractivity contribution in [2.75, 3.05) is 0 Å². The molecule has 0 unspecified atom stereocenters. The number of hydrogen-bond acceptors (Lipinski definition) is 3. The molecule has 0 bridgehead atoms. The fourth-order valence-corrected chi connectivity index (χ4v) is 5.27. The van der Waals surface area contributed by atoms with Gasteiger partial charge in [-0.3, -0.25) is 4.79 Å². The van der Waals surface area contributed by atoms with E-state index in [2.05, 4.69) is 46.1 Å². The Morgan fingerprint density at radius 3 is 2.59 bits per heavy atom. The minimum absolute atomic E-state index is 0.0244. The Labute approximate surface area is 183 Å². The number of alkyl halides is 3. The summed E-state index contributed by atoms with van der Waals surface area (Å²) in [5.41, 5.74) is 0.263. The molecule has 0 saturated heterocycles. The molecule has 1 heterocycles. The SMILES string of the molecule is O=C(NC1CCC(c2nc3cc(I)ccc3s2)CC1)c1cccc(C(F)(F)F)c1. The van der Waals surface area contributed by atoms with E-state index in [-0.39, 0.29) is 11.6 Å². The number of rotatable bonds is 3. The zero-order valence-corrected chi connectivity index (χ0v) is 18.3. The second-order valence-electron chi connectivity index (χ2n) is 7.26. The number of fused-ring (bicyclic) bond motifs is 1. The summed E-state index contributed by atoms with van der Waals surface area (Å²) in [5.74, 6) is -0.0825. The first kappa shape index (κ1) is 20.6. The maximum atomic E-state index is 12.9. The smallest absolute Gasteiger partial charge is 0.349 e. The van der Waals surface area contributed by atoms with Gasteiger partial charge in [-0.2, -0.15) is 13.2 Å². The second-order valence-corrected chi connectivity index (χ2v) is 9.57. The molecule has 0 atom stereocenters. The first-order valence-corrected chi connectivity index (χ1v) is 11.2.